The minimum atomic E-state index is -1.51. The molecule has 1 aliphatic carbocycles. The van der Waals surface area contributed by atoms with Crippen molar-refractivity contribution in [2.75, 3.05) is 0 Å². The molecule has 1 saturated carbocycles. The summed E-state index contributed by atoms with van der Waals surface area (Å²) in [5.41, 5.74) is -0.692. The third kappa shape index (κ3) is 1.95. The molecule has 1 aromatic rings. The van der Waals surface area contributed by atoms with E-state index in [2.05, 4.69) is 0 Å². The topological polar surface area (TPSA) is 17.1 Å². The summed E-state index contributed by atoms with van der Waals surface area (Å²) < 4.78 is 13.3. The number of hydrogen-bond acceptors (Lipinski definition) is 1. The molecule has 0 aliphatic heterocycles. The Morgan fingerprint density at radius 2 is 1.93 bits per heavy atom. The van der Waals surface area contributed by atoms with Crippen molar-refractivity contribution in [1.82, 2.24) is 0 Å². The van der Waals surface area contributed by atoms with Gasteiger partial charge < -0.3 is 0 Å². The summed E-state index contributed by atoms with van der Waals surface area (Å²) in [6, 6.07) is 6.93. The van der Waals surface area contributed by atoms with Gasteiger partial charge >= 0.3 is 0 Å². The maximum Gasteiger partial charge on any atom is 0.174 e. The minimum Gasteiger partial charge on any atom is -0.296 e. The predicted octanol–water partition coefficient (Wildman–Crippen LogP) is 2.95. The molecule has 0 heterocycles. The van der Waals surface area contributed by atoms with Crippen LogP contribution in [0.3, 0.4) is 0 Å². The van der Waals surface area contributed by atoms with E-state index >= 15 is 0 Å². The predicted molar refractivity (Wildman–Crippen MR) is 53.2 cm³/mol. The van der Waals surface area contributed by atoms with Crippen LogP contribution in [0.4, 0.5) is 4.39 Å². The van der Waals surface area contributed by atoms with Crippen molar-refractivity contribution in [3.63, 3.8) is 0 Å². The van der Waals surface area contributed by atoms with E-state index in [4.69, 9.17) is 11.6 Å². The van der Waals surface area contributed by atoms with Crippen LogP contribution in [0.5, 0.6) is 0 Å². The van der Waals surface area contributed by atoms with Crippen molar-refractivity contribution in [1.29, 1.82) is 0 Å². The molecular weight excluding hydrogens is 203 g/mol. The first-order chi connectivity index (χ1) is 6.60. The first-order valence-corrected chi connectivity index (χ1v) is 4.95. The first kappa shape index (κ1) is 9.66. The molecule has 1 aromatic carbocycles. The molecule has 0 aromatic heterocycles. The highest BCUT2D eigenvalue weighted by Crippen LogP contribution is 2.41. The van der Waals surface area contributed by atoms with E-state index in [0.717, 1.165) is 5.56 Å². The van der Waals surface area contributed by atoms with E-state index in [-0.39, 0.29) is 12.2 Å². The lowest BCUT2D eigenvalue weighted by Crippen LogP contribution is -2.18. The van der Waals surface area contributed by atoms with E-state index in [9.17, 15) is 9.18 Å². The summed E-state index contributed by atoms with van der Waals surface area (Å²) >= 11 is 5.69. The van der Waals surface area contributed by atoms with Crippen LogP contribution in [0.1, 0.15) is 18.4 Å². The van der Waals surface area contributed by atoms with Crippen molar-refractivity contribution < 1.29 is 9.18 Å². The monoisotopic (exact) mass is 212 g/mol. The van der Waals surface area contributed by atoms with Crippen molar-refractivity contribution in [2.45, 2.75) is 24.9 Å². The molecule has 0 N–H and O–H groups in total. The Morgan fingerprint density at radius 1 is 1.36 bits per heavy atom. The van der Waals surface area contributed by atoms with Crippen molar-refractivity contribution in [3.8, 4) is 0 Å². The Balaban J connectivity index is 2.04. The molecule has 0 atom stereocenters. The van der Waals surface area contributed by atoms with E-state index in [1.54, 1.807) is 24.3 Å². The number of alkyl halides is 1. The maximum atomic E-state index is 13.3. The Morgan fingerprint density at radius 3 is 2.43 bits per heavy atom. The van der Waals surface area contributed by atoms with Gasteiger partial charge in [-0.25, -0.2) is 4.39 Å². The number of halogens is 2. The van der Waals surface area contributed by atoms with Crippen LogP contribution in [0.25, 0.3) is 0 Å². The van der Waals surface area contributed by atoms with Gasteiger partial charge in [-0.05, 0) is 30.5 Å². The first-order valence-electron chi connectivity index (χ1n) is 4.57. The van der Waals surface area contributed by atoms with Gasteiger partial charge in [0.2, 0.25) is 0 Å². The fraction of sp³-hybridized carbons (Fsp3) is 0.364. The van der Waals surface area contributed by atoms with E-state index in [0.29, 0.717) is 17.9 Å². The second-order valence-electron chi connectivity index (χ2n) is 3.69. The van der Waals surface area contributed by atoms with Gasteiger partial charge in [0, 0.05) is 11.4 Å². The lowest BCUT2D eigenvalue weighted by Gasteiger charge is -2.03. The molecule has 1 aliphatic rings. The Hall–Kier alpha value is -0.890. The highest BCUT2D eigenvalue weighted by molar-refractivity contribution is 6.30. The second kappa shape index (κ2) is 3.35. The van der Waals surface area contributed by atoms with Gasteiger partial charge in [-0.15, -0.1) is 0 Å². The SMILES string of the molecule is O=C(Cc1ccc(Cl)cc1)C1(F)CC1. The van der Waals surface area contributed by atoms with Gasteiger partial charge in [-0.1, -0.05) is 23.7 Å². The summed E-state index contributed by atoms with van der Waals surface area (Å²) in [7, 11) is 0. The zero-order chi connectivity index (χ0) is 10.2. The molecular formula is C11H10ClFO. The molecule has 0 radical (unpaired) electrons. The molecule has 0 unspecified atom stereocenters. The van der Waals surface area contributed by atoms with Gasteiger partial charge in [-0.3, -0.25) is 4.79 Å². The van der Waals surface area contributed by atoms with Crippen LogP contribution in [0.2, 0.25) is 5.02 Å². The van der Waals surface area contributed by atoms with Crippen LogP contribution in [0, 0.1) is 0 Å². The highest BCUT2D eigenvalue weighted by Gasteiger charge is 2.49. The van der Waals surface area contributed by atoms with Gasteiger partial charge in [0.1, 0.15) is 0 Å². The molecule has 0 spiro atoms. The third-order valence-electron chi connectivity index (χ3n) is 2.47. The largest absolute Gasteiger partial charge is 0.296 e. The second-order valence-corrected chi connectivity index (χ2v) is 4.13. The Kier molecular flexibility index (Phi) is 2.31. The zero-order valence-electron chi connectivity index (χ0n) is 7.59. The molecule has 1 fully saturated rings. The molecule has 2 rings (SSSR count). The average molecular weight is 213 g/mol. The Labute approximate surface area is 86.9 Å². The molecule has 74 valence electrons. The van der Waals surface area contributed by atoms with Gasteiger partial charge in [0.25, 0.3) is 0 Å². The molecule has 0 bridgehead atoms. The normalized spacial score (nSPS) is 17.9. The molecule has 1 nitrogen and oxygen atoms in total. The zero-order valence-corrected chi connectivity index (χ0v) is 8.35. The quantitative estimate of drug-likeness (QED) is 0.753. The lowest BCUT2D eigenvalue weighted by molar-refractivity contribution is -0.124. The van der Waals surface area contributed by atoms with Crippen molar-refractivity contribution in [2.24, 2.45) is 0 Å². The van der Waals surface area contributed by atoms with E-state index < -0.39 is 5.67 Å². The average Bonchev–Trinajstić information content (AvgIpc) is 2.89. The number of benzene rings is 1. The highest BCUT2D eigenvalue weighted by atomic mass is 35.5. The van der Waals surface area contributed by atoms with Crippen LogP contribution in [-0.4, -0.2) is 11.5 Å². The molecule has 0 saturated heterocycles. The maximum absolute atomic E-state index is 13.3. The van der Waals surface area contributed by atoms with Crippen LogP contribution < -0.4 is 0 Å². The number of ketones is 1. The number of rotatable bonds is 3. The smallest absolute Gasteiger partial charge is 0.174 e. The number of Topliss-reactive ketones (excluding diaryl/α,β-unsaturated/α-hetero) is 1. The number of carbonyl (C=O) groups excluding carboxylic acids is 1. The lowest BCUT2D eigenvalue weighted by atomic mass is 10.1. The van der Waals surface area contributed by atoms with Crippen molar-refractivity contribution >= 4 is 17.4 Å². The van der Waals surface area contributed by atoms with Crippen LogP contribution in [-0.2, 0) is 11.2 Å². The van der Waals surface area contributed by atoms with E-state index in [1.165, 1.54) is 0 Å². The fourth-order valence-electron chi connectivity index (χ4n) is 1.33. The number of carbonyl (C=O) groups is 1. The van der Waals surface area contributed by atoms with Crippen molar-refractivity contribution in [3.05, 3.63) is 34.9 Å². The summed E-state index contributed by atoms with van der Waals surface area (Å²) in [5, 5.41) is 0.627. The summed E-state index contributed by atoms with van der Waals surface area (Å²) in [5.74, 6) is -0.306. The van der Waals surface area contributed by atoms with Gasteiger partial charge in [-0.2, -0.15) is 0 Å². The third-order valence-corrected chi connectivity index (χ3v) is 2.72. The van der Waals surface area contributed by atoms with Crippen LogP contribution in [0.15, 0.2) is 24.3 Å². The summed E-state index contributed by atoms with van der Waals surface area (Å²) in [6.07, 6.45) is 0.951. The molecule has 14 heavy (non-hydrogen) atoms. The van der Waals surface area contributed by atoms with E-state index in [1.807, 2.05) is 0 Å². The molecule has 0 amide bonds. The molecule has 3 heteroatoms. The number of hydrogen-bond donors (Lipinski definition) is 0. The fourth-order valence-corrected chi connectivity index (χ4v) is 1.46. The summed E-state index contributed by atoms with van der Waals surface area (Å²) in [4.78, 5) is 11.4. The minimum absolute atomic E-state index is 0.174. The van der Waals surface area contributed by atoms with Crippen LogP contribution >= 0.6 is 11.6 Å². The Bertz CT molecular complexity index is 354. The van der Waals surface area contributed by atoms with Gasteiger partial charge in [0.05, 0.1) is 0 Å². The van der Waals surface area contributed by atoms with Gasteiger partial charge in [0.15, 0.2) is 11.5 Å². The summed E-state index contributed by atoms with van der Waals surface area (Å²) in [6.45, 7) is 0. The standard InChI is InChI=1S/C11H10ClFO/c12-9-3-1-8(2-4-9)7-10(14)11(13)5-6-11/h1-4H,5-7H2.